The molecule has 0 saturated heterocycles. The number of aromatic nitrogens is 3. The minimum absolute atomic E-state index is 0.437. The molecule has 0 saturated carbocycles. The first-order valence-corrected chi connectivity index (χ1v) is 5.08. The predicted octanol–water partition coefficient (Wildman–Crippen LogP) is 0.980. The van der Waals surface area contributed by atoms with Crippen molar-refractivity contribution < 1.29 is 4.74 Å². The Morgan fingerprint density at radius 2 is 2.12 bits per heavy atom. The van der Waals surface area contributed by atoms with Crippen LogP contribution in [0.3, 0.4) is 0 Å². The van der Waals surface area contributed by atoms with Gasteiger partial charge in [0, 0.05) is 6.54 Å². The molecule has 0 aliphatic rings. The lowest BCUT2D eigenvalue weighted by molar-refractivity contribution is 0.102. The third kappa shape index (κ3) is 2.88. The van der Waals surface area contributed by atoms with E-state index in [-0.39, 0.29) is 0 Å². The molecule has 0 unspecified atom stereocenters. The summed E-state index contributed by atoms with van der Waals surface area (Å²) in [6.45, 7) is 1.54. The highest BCUT2D eigenvalue weighted by Crippen LogP contribution is 2.06. The van der Waals surface area contributed by atoms with Crippen LogP contribution >= 0.6 is 0 Å². The average Bonchev–Trinajstić information content (AvgIpc) is 2.82. The Balaban J connectivity index is 1.85. The number of H-pyrrole nitrogens is 1. The Morgan fingerprint density at radius 1 is 1.25 bits per heavy atom. The van der Waals surface area contributed by atoms with Crippen molar-refractivity contribution in [2.75, 3.05) is 0 Å². The molecule has 0 amide bonds. The normalized spacial score (nSPS) is 10.6. The first-order valence-electron chi connectivity index (χ1n) is 5.08. The SMILES string of the molecule is NCc1cccc(COCc2ncn[nH]2)c1. The van der Waals surface area contributed by atoms with Crippen LogP contribution in [-0.4, -0.2) is 15.2 Å². The van der Waals surface area contributed by atoms with Gasteiger partial charge in [-0.1, -0.05) is 24.3 Å². The second-order valence-electron chi connectivity index (χ2n) is 3.45. The molecule has 0 radical (unpaired) electrons. The van der Waals surface area contributed by atoms with Gasteiger partial charge in [-0.2, -0.15) is 5.10 Å². The van der Waals surface area contributed by atoms with Gasteiger partial charge in [-0.15, -0.1) is 0 Å². The van der Waals surface area contributed by atoms with E-state index in [1.165, 1.54) is 6.33 Å². The summed E-state index contributed by atoms with van der Waals surface area (Å²) >= 11 is 0. The number of hydrogen-bond acceptors (Lipinski definition) is 4. The van der Waals surface area contributed by atoms with Crippen LogP contribution in [0.4, 0.5) is 0 Å². The zero-order chi connectivity index (χ0) is 11.2. The van der Waals surface area contributed by atoms with Crippen molar-refractivity contribution in [1.29, 1.82) is 0 Å². The fourth-order valence-corrected chi connectivity index (χ4v) is 1.41. The molecule has 1 aromatic heterocycles. The Labute approximate surface area is 93.7 Å². The molecule has 0 atom stereocenters. The van der Waals surface area contributed by atoms with E-state index in [0.29, 0.717) is 19.8 Å². The van der Waals surface area contributed by atoms with Gasteiger partial charge in [-0.3, -0.25) is 5.10 Å². The van der Waals surface area contributed by atoms with E-state index in [1.54, 1.807) is 0 Å². The lowest BCUT2D eigenvalue weighted by atomic mass is 10.1. The first-order chi connectivity index (χ1) is 7.88. The fraction of sp³-hybridized carbons (Fsp3) is 0.273. The van der Waals surface area contributed by atoms with E-state index in [4.69, 9.17) is 10.5 Å². The van der Waals surface area contributed by atoms with Crippen LogP contribution in [0.15, 0.2) is 30.6 Å². The lowest BCUT2D eigenvalue weighted by Crippen LogP contribution is -1.99. The standard InChI is InChI=1S/C11H14N4O/c12-5-9-2-1-3-10(4-9)6-16-7-11-13-8-14-15-11/h1-4,8H,5-7,12H2,(H,13,14,15). The average molecular weight is 218 g/mol. The van der Waals surface area contributed by atoms with Crippen LogP contribution in [-0.2, 0) is 24.5 Å². The van der Waals surface area contributed by atoms with Gasteiger partial charge in [0.1, 0.15) is 18.8 Å². The summed E-state index contributed by atoms with van der Waals surface area (Å²) in [5.74, 6) is 0.731. The van der Waals surface area contributed by atoms with Crippen LogP contribution in [0.5, 0.6) is 0 Å². The van der Waals surface area contributed by atoms with Gasteiger partial charge in [-0.05, 0) is 11.1 Å². The Bertz CT molecular complexity index is 427. The Morgan fingerprint density at radius 3 is 2.88 bits per heavy atom. The summed E-state index contributed by atoms with van der Waals surface area (Å²) in [5, 5.41) is 6.48. The first kappa shape index (κ1) is 10.8. The van der Waals surface area contributed by atoms with Crippen LogP contribution in [0, 0.1) is 0 Å². The molecule has 5 heteroatoms. The maximum absolute atomic E-state index is 5.56. The highest BCUT2D eigenvalue weighted by atomic mass is 16.5. The molecule has 3 N–H and O–H groups in total. The minimum Gasteiger partial charge on any atom is -0.369 e. The second-order valence-corrected chi connectivity index (χ2v) is 3.45. The maximum Gasteiger partial charge on any atom is 0.150 e. The molecule has 84 valence electrons. The van der Waals surface area contributed by atoms with Gasteiger partial charge >= 0.3 is 0 Å². The van der Waals surface area contributed by atoms with Crippen molar-refractivity contribution in [3.63, 3.8) is 0 Å². The molecule has 2 rings (SSSR count). The topological polar surface area (TPSA) is 76.8 Å². The van der Waals surface area contributed by atoms with Crippen molar-refractivity contribution in [1.82, 2.24) is 15.2 Å². The van der Waals surface area contributed by atoms with Crippen LogP contribution in [0.1, 0.15) is 17.0 Å². The van der Waals surface area contributed by atoms with E-state index in [0.717, 1.165) is 17.0 Å². The number of ether oxygens (including phenoxy) is 1. The van der Waals surface area contributed by atoms with Crippen molar-refractivity contribution in [2.45, 2.75) is 19.8 Å². The summed E-state index contributed by atoms with van der Waals surface area (Å²) in [7, 11) is 0. The molecule has 0 spiro atoms. The number of nitrogens with zero attached hydrogens (tertiary/aromatic N) is 2. The van der Waals surface area contributed by atoms with Gasteiger partial charge in [0.05, 0.1) is 6.61 Å². The number of aromatic amines is 1. The van der Waals surface area contributed by atoms with Crippen molar-refractivity contribution in [2.24, 2.45) is 5.73 Å². The third-order valence-corrected chi connectivity index (χ3v) is 2.20. The quantitative estimate of drug-likeness (QED) is 0.784. The maximum atomic E-state index is 5.56. The van der Waals surface area contributed by atoms with E-state index in [1.807, 2.05) is 24.3 Å². The smallest absolute Gasteiger partial charge is 0.150 e. The number of rotatable bonds is 5. The van der Waals surface area contributed by atoms with E-state index in [2.05, 4.69) is 15.2 Å². The molecule has 5 nitrogen and oxygen atoms in total. The highest BCUT2D eigenvalue weighted by Gasteiger charge is 1.98. The second kappa shape index (κ2) is 5.39. The lowest BCUT2D eigenvalue weighted by Gasteiger charge is -2.04. The largest absolute Gasteiger partial charge is 0.369 e. The summed E-state index contributed by atoms with van der Waals surface area (Å²) in [6.07, 6.45) is 1.47. The molecule has 16 heavy (non-hydrogen) atoms. The monoisotopic (exact) mass is 218 g/mol. The van der Waals surface area contributed by atoms with Gasteiger partial charge in [-0.25, -0.2) is 4.98 Å². The zero-order valence-electron chi connectivity index (χ0n) is 8.89. The fourth-order valence-electron chi connectivity index (χ4n) is 1.41. The van der Waals surface area contributed by atoms with E-state index in [9.17, 15) is 0 Å². The van der Waals surface area contributed by atoms with Gasteiger partial charge in [0.2, 0.25) is 0 Å². The molecule has 2 aromatic rings. The number of hydrogen-bond donors (Lipinski definition) is 2. The molecular formula is C11H14N4O. The number of benzene rings is 1. The molecule has 0 fully saturated rings. The molecule has 0 aliphatic carbocycles. The van der Waals surface area contributed by atoms with Crippen molar-refractivity contribution >= 4 is 0 Å². The van der Waals surface area contributed by atoms with Crippen LogP contribution in [0.2, 0.25) is 0 Å². The molecule has 0 aliphatic heterocycles. The third-order valence-electron chi connectivity index (χ3n) is 2.20. The van der Waals surface area contributed by atoms with Crippen LogP contribution in [0.25, 0.3) is 0 Å². The van der Waals surface area contributed by atoms with Gasteiger partial charge in [0.15, 0.2) is 0 Å². The van der Waals surface area contributed by atoms with Crippen LogP contribution < -0.4 is 5.73 Å². The zero-order valence-corrected chi connectivity index (χ0v) is 8.89. The highest BCUT2D eigenvalue weighted by molar-refractivity contribution is 5.22. The Kier molecular flexibility index (Phi) is 3.63. The van der Waals surface area contributed by atoms with Gasteiger partial charge < -0.3 is 10.5 Å². The molecule has 1 heterocycles. The predicted molar refractivity (Wildman–Crippen MR) is 59.2 cm³/mol. The van der Waals surface area contributed by atoms with Gasteiger partial charge in [0.25, 0.3) is 0 Å². The molecular weight excluding hydrogens is 204 g/mol. The van der Waals surface area contributed by atoms with E-state index < -0.39 is 0 Å². The summed E-state index contributed by atoms with van der Waals surface area (Å²) in [4.78, 5) is 3.97. The molecule has 0 bridgehead atoms. The van der Waals surface area contributed by atoms with E-state index >= 15 is 0 Å². The van der Waals surface area contributed by atoms with Crippen molar-refractivity contribution in [3.05, 3.63) is 47.5 Å². The summed E-state index contributed by atoms with van der Waals surface area (Å²) in [5.41, 5.74) is 7.79. The number of nitrogens with two attached hydrogens (primary N) is 1. The summed E-state index contributed by atoms with van der Waals surface area (Å²) in [6, 6.07) is 8.04. The summed E-state index contributed by atoms with van der Waals surface area (Å²) < 4.78 is 5.49. The minimum atomic E-state index is 0.437. The van der Waals surface area contributed by atoms with Crippen molar-refractivity contribution in [3.8, 4) is 0 Å². The molecule has 1 aromatic carbocycles. The number of nitrogens with one attached hydrogen (secondary N) is 1. The Hall–Kier alpha value is -1.72.